The second-order valence-electron chi connectivity index (χ2n) is 7.91. The molecule has 0 saturated carbocycles. The fraction of sp³-hybridized carbons (Fsp3) is 0.600. The molecular weight excluding hydrogens is 394 g/mol. The normalized spacial score (nSPS) is 14.9. The SMILES string of the molecule is CCOC(=O)c1sc(N)c(C#N)c1COC(=O)C1CCN(C(=O)C(C)(C)C)CC1. The minimum Gasteiger partial charge on any atom is -0.462 e. The zero-order valence-electron chi connectivity index (χ0n) is 17.2. The molecule has 1 aromatic rings. The van der Waals surface area contributed by atoms with Crippen LogP contribution in [0.2, 0.25) is 0 Å². The summed E-state index contributed by atoms with van der Waals surface area (Å²) >= 11 is 0.952. The second kappa shape index (κ2) is 9.27. The second-order valence-corrected chi connectivity index (χ2v) is 8.96. The highest BCUT2D eigenvalue weighted by molar-refractivity contribution is 7.18. The minimum atomic E-state index is -0.592. The number of likely N-dealkylation sites (tertiary alicyclic amines) is 1. The van der Waals surface area contributed by atoms with Crippen LogP contribution in [0, 0.1) is 22.7 Å². The molecule has 8 nitrogen and oxygen atoms in total. The molecule has 2 heterocycles. The van der Waals surface area contributed by atoms with E-state index in [9.17, 15) is 19.6 Å². The Balaban J connectivity index is 2.01. The smallest absolute Gasteiger partial charge is 0.348 e. The number of esters is 2. The van der Waals surface area contributed by atoms with E-state index >= 15 is 0 Å². The summed E-state index contributed by atoms with van der Waals surface area (Å²) in [6.07, 6.45) is 1.03. The Morgan fingerprint density at radius 3 is 2.38 bits per heavy atom. The van der Waals surface area contributed by atoms with Crippen molar-refractivity contribution in [3.8, 4) is 6.07 Å². The Bertz CT molecular complexity index is 826. The summed E-state index contributed by atoms with van der Waals surface area (Å²) in [5, 5.41) is 9.52. The molecule has 158 valence electrons. The van der Waals surface area contributed by atoms with Crippen LogP contribution in [0.15, 0.2) is 0 Å². The van der Waals surface area contributed by atoms with Gasteiger partial charge in [-0.05, 0) is 19.8 Å². The zero-order chi connectivity index (χ0) is 21.8. The van der Waals surface area contributed by atoms with E-state index in [4.69, 9.17) is 15.2 Å². The molecule has 29 heavy (non-hydrogen) atoms. The summed E-state index contributed by atoms with van der Waals surface area (Å²) in [6.45, 7) is 8.25. The van der Waals surface area contributed by atoms with Gasteiger partial charge < -0.3 is 20.1 Å². The van der Waals surface area contributed by atoms with Gasteiger partial charge in [-0.3, -0.25) is 9.59 Å². The first-order valence-corrected chi connectivity index (χ1v) is 10.4. The van der Waals surface area contributed by atoms with E-state index in [2.05, 4.69) is 0 Å². The molecule has 0 atom stereocenters. The molecule has 0 radical (unpaired) electrons. The molecule has 0 unspecified atom stereocenters. The van der Waals surface area contributed by atoms with Crippen molar-refractivity contribution in [1.29, 1.82) is 5.26 Å². The highest BCUT2D eigenvalue weighted by Crippen LogP contribution is 2.32. The van der Waals surface area contributed by atoms with Crippen LogP contribution < -0.4 is 5.73 Å². The van der Waals surface area contributed by atoms with Gasteiger partial charge >= 0.3 is 11.9 Å². The number of nitrogen functional groups attached to an aromatic ring is 1. The molecule has 2 rings (SSSR count). The number of anilines is 1. The zero-order valence-corrected chi connectivity index (χ0v) is 18.1. The predicted octanol–water partition coefficient (Wildman–Crippen LogP) is 2.71. The number of thiophene rings is 1. The monoisotopic (exact) mass is 421 g/mol. The highest BCUT2D eigenvalue weighted by Gasteiger charge is 2.33. The molecule has 9 heteroatoms. The lowest BCUT2D eigenvalue weighted by Gasteiger charge is -2.34. The maximum absolute atomic E-state index is 12.5. The number of amides is 1. The maximum Gasteiger partial charge on any atom is 0.348 e. The van der Waals surface area contributed by atoms with Gasteiger partial charge in [0, 0.05) is 24.1 Å². The molecule has 1 aromatic heterocycles. The van der Waals surface area contributed by atoms with Gasteiger partial charge in [-0.2, -0.15) is 5.26 Å². The summed E-state index contributed by atoms with van der Waals surface area (Å²) in [6, 6.07) is 1.96. The van der Waals surface area contributed by atoms with Crippen molar-refractivity contribution < 1.29 is 23.9 Å². The van der Waals surface area contributed by atoms with Crippen LogP contribution in [0.3, 0.4) is 0 Å². The van der Waals surface area contributed by atoms with E-state index in [0.717, 1.165) is 11.3 Å². The fourth-order valence-corrected chi connectivity index (χ4v) is 4.08. The lowest BCUT2D eigenvalue weighted by molar-refractivity contribution is -0.154. The van der Waals surface area contributed by atoms with Gasteiger partial charge in [0.1, 0.15) is 22.6 Å². The Morgan fingerprint density at radius 1 is 1.24 bits per heavy atom. The number of ether oxygens (including phenoxy) is 2. The number of nitrogens with two attached hydrogens (primary N) is 1. The summed E-state index contributed by atoms with van der Waals surface area (Å²) in [5.74, 6) is -1.26. The Hall–Kier alpha value is -2.60. The highest BCUT2D eigenvalue weighted by atomic mass is 32.1. The van der Waals surface area contributed by atoms with Crippen LogP contribution in [0.5, 0.6) is 0 Å². The lowest BCUT2D eigenvalue weighted by Crippen LogP contribution is -2.45. The van der Waals surface area contributed by atoms with Gasteiger partial charge in [0.15, 0.2) is 0 Å². The van der Waals surface area contributed by atoms with Crippen LogP contribution in [-0.4, -0.2) is 42.4 Å². The standard InChI is InChI=1S/C20H27N3O5S/c1-5-27-18(25)15-14(13(10-21)16(22)29-15)11-28-17(24)12-6-8-23(9-7-12)19(26)20(2,3)4/h12H,5-9,11,22H2,1-4H3. The van der Waals surface area contributed by atoms with E-state index < -0.39 is 17.4 Å². The fourth-order valence-electron chi connectivity index (χ4n) is 3.16. The van der Waals surface area contributed by atoms with E-state index in [0.29, 0.717) is 25.9 Å². The molecule has 0 aliphatic carbocycles. The van der Waals surface area contributed by atoms with E-state index in [1.54, 1.807) is 11.8 Å². The minimum absolute atomic E-state index is 0.0656. The third-order valence-electron chi connectivity index (χ3n) is 4.72. The van der Waals surface area contributed by atoms with Crippen molar-refractivity contribution in [2.75, 3.05) is 25.4 Å². The van der Waals surface area contributed by atoms with Crippen molar-refractivity contribution >= 4 is 34.2 Å². The van der Waals surface area contributed by atoms with Crippen molar-refractivity contribution in [3.05, 3.63) is 16.0 Å². The molecule has 0 bridgehead atoms. The Labute approximate surface area is 174 Å². The van der Waals surface area contributed by atoms with Crippen molar-refractivity contribution in [2.24, 2.45) is 11.3 Å². The van der Waals surface area contributed by atoms with Gasteiger partial charge in [0.05, 0.1) is 18.1 Å². The molecule has 1 aliphatic heterocycles. The Morgan fingerprint density at radius 2 is 1.86 bits per heavy atom. The molecular formula is C20H27N3O5S. The van der Waals surface area contributed by atoms with Gasteiger partial charge in [-0.25, -0.2) is 4.79 Å². The molecule has 2 N–H and O–H groups in total. The third kappa shape index (κ3) is 5.26. The number of carbonyl (C=O) groups excluding carboxylic acids is 3. The summed E-state index contributed by atoms with van der Waals surface area (Å²) in [5.41, 5.74) is 5.79. The number of nitriles is 1. The summed E-state index contributed by atoms with van der Waals surface area (Å²) < 4.78 is 10.4. The van der Waals surface area contributed by atoms with Gasteiger partial charge in [0.25, 0.3) is 0 Å². The molecule has 1 aliphatic rings. The molecule has 0 spiro atoms. The van der Waals surface area contributed by atoms with E-state index in [1.165, 1.54) is 0 Å². The summed E-state index contributed by atoms with van der Waals surface area (Å²) in [4.78, 5) is 38.9. The quantitative estimate of drug-likeness (QED) is 0.725. The van der Waals surface area contributed by atoms with Crippen molar-refractivity contribution in [1.82, 2.24) is 4.90 Å². The first-order valence-electron chi connectivity index (χ1n) is 9.54. The van der Waals surface area contributed by atoms with Crippen molar-refractivity contribution in [2.45, 2.75) is 47.1 Å². The average molecular weight is 422 g/mol. The Kier molecular flexibility index (Phi) is 7.25. The average Bonchev–Trinajstić information content (AvgIpc) is 3.00. The molecule has 1 amide bonds. The molecule has 1 saturated heterocycles. The third-order valence-corrected chi connectivity index (χ3v) is 5.76. The van der Waals surface area contributed by atoms with E-state index in [-0.39, 0.29) is 46.0 Å². The molecule has 1 fully saturated rings. The predicted molar refractivity (Wildman–Crippen MR) is 108 cm³/mol. The summed E-state index contributed by atoms with van der Waals surface area (Å²) in [7, 11) is 0. The van der Waals surface area contributed by atoms with Gasteiger partial charge in [-0.1, -0.05) is 20.8 Å². The van der Waals surface area contributed by atoms with Crippen LogP contribution in [0.1, 0.15) is 61.3 Å². The molecule has 0 aromatic carbocycles. The van der Waals surface area contributed by atoms with Gasteiger partial charge in [-0.15, -0.1) is 11.3 Å². The lowest BCUT2D eigenvalue weighted by atomic mass is 9.91. The number of nitrogens with zero attached hydrogens (tertiary/aromatic N) is 2. The topological polar surface area (TPSA) is 123 Å². The first kappa shape index (κ1) is 22.7. The maximum atomic E-state index is 12.5. The number of hydrogen-bond acceptors (Lipinski definition) is 8. The van der Waals surface area contributed by atoms with Gasteiger partial charge in [0.2, 0.25) is 5.91 Å². The van der Waals surface area contributed by atoms with Crippen LogP contribution in [0.4, 0.5) is 5.00 Å². The number of piperidine rings is 1. The van der Waals surface area contributed by atoms with Crippen LogP contribution >= 0.6 is 11.3 Å². The van der Waals surface area contributed by atoms with Crippen LogP contribution in [-0.2, 0) is 25.7 Å². The first-order chi connectivity index (χ1) is 13.6. The number of carbonyl (C=O) groups is 3. The number of hydrogen-bond donors (Lipinski definition) is 1. The van der Waals surface area contributed by atoms with E-state index in [1.807, 2.05) is 26.8 Å². The number of rotatable bonds is 5. The van der Waals surface area contributed by atoms with Crippen molar-refractivity contribution in [3.63, 3.8) is 0 Å². The largest absolute Gasteiger partial charge is 0.462 e. The van der Waals surface area contributed by atoms with Crippen LogP contribution in [0.25, 0.3) is 0 Å².